The Hall–Kier alpha value is -0.700. The maximum Gasteiger partial charge on any atom is 0.224 e. The van der Waals surface area contributed by atoms with Crippen LogP contribution in [0.4, 0.5) is 0 Å². The van der Waals surface area contributed by atoms with Gasteiger partial charge >= 0.3 is 0 Å². The zero-order valence-corrected chi connectivity index (χ0v) is 10.1. The van der Waals surface area contributed by atoms with Gasteiger partial charge in [0, 0.05) is 27.2 Å². The van der Waals surface area contributed by atoms with Crippen molar-refractivity contribution in [3.05, 3.63) is 0 Å². The predicted molar refractivity (Wildman–Crippen MR) is 55.9 cm³/mol. The zero-order valence-electron chi connectivity index (χ0n) is 9.25. The molecule has 1 atom stereocenters. The number of hydrogen-bond acceptors (Lipinski definition) is 5. The van der Waals surface area contributed by atoms with Gasteiger partial charge < -0.3 is 14.4 Å². The summed E-state index contributed by atoms with van der Waals surface area (Å²) < 4.78 is 32.0. The summed E-state index contributed by atoms with van der Waals surface area (Å²) in [5, 5.41) is 4.17. The van der Waals surface area contributed by atoms with E-state index in [-0.39, 0.29) is 25.4 Å². The van der Waals surface area contributed by atoms with Gasteiger partial charge in [0.2, 0.25) is 15.9 Å². The van der Waals surface area contributed by atoms with Crippen LogP contribution in [0.2, 0.25) is 0 Å². The Bertz CT molecular complexity index is 351. The third kappa shape index (κ3) is 3.14. The Kier molecular flexibility index (Phi) is 4.25. The average molecular weight is 252 g/mol. The minimum absolute atomic E-state index is 0.0705. The summed E-state index contributed by atoms with van der Waals surface area (Å²) in [6, 6.07) is 0. The van der Waals surface area contributed by atoms with Gasteiger partial charge in [0.05, 0.1) is 6.54 Å². The summed E-state index contributed by atoms with van der Waals surface area (Å²) in [7, 11) is -0.761. The fraction of sp³-hybridized carbons (Fsp3) is 0.875. The van der Waals surface area contributed by atoms with E-state index in [0.717, 1.165) is 0 Å². The normalized spacial score (nSPS) is 22.1. The van der Waals surface area contributed by atoms with Crippen LogP contribution in [0.1, 0.15) is 6.42 Å². The SMILES string of the molecule is COC(CN1CC(S(N)(=O)=O)CC1=O)OC. The molecule has 1 aliphatic heterocycles. The lowest BCUT2D eigenvalue weighted by Crippen LogP contribution is -2.37. The summed E-state index contributed by atoms with van der Waals surface area (Å²) in [4.78, 5) is 12.9. The smallest absolute Gasteiger partial charge is 0.224 e. The molecule has 7 nitrogen and oxygen atoms in total. The van der Waals surface area contributed by atoms with E-state index >= 15 is 0 Å². The molecule has 1 amide bonds. The third-order valence-corrected chi connectivity index (χ3v) is 3.78. The molecule has 0 aromatic heterocycles. The van der Waals surface area contributed by atoms with E-state index in [4.69, 9.17) is 14.6 Å². The lowest BCUT2D eigenvalue weighted by molar-refractivity contribution is -0.141. The monoisotopic (exact) mass is 252 g/mol. The molecular formula is C8H16N2O5S. The van der Waals surface area contributed by atoms with E-state index in [1.807, 2.05) is 0 Å². The fourth-order valence-electron chi connectivity index (χ4n) is 1.56. The van der Waals surface area contributed by atoms with Crippen molar-refractivity contribution in [2.75, 3.05) is 27.3 Å². The van der Waals surface area contributed by atoms with Crippen molar-refractivity contribution in [2.45, 2.75) is 18.0 Å². The standard InChI is InChI=1S/C8H16N2O5S/c1-14-8(15-2)5-10-4-6(3-7(10)11)16(9,12)13/h6,8H,3-5H2,1-2H3,(H2,9,12,13). The molecule has 1 unspecified atom stereocenters. The second-order valence-corrected chi connectivity index (χ2v) is 5.46. The third-order valence-electron chi connectivity index (χ3n) is 2.54. The van der Waals surface area contributed by atoms with Crippen LogP contribution in [0.5, 0.6) is 0 Å². The Morgan fingerprint density at radius 1 is 1.50 bits per heavy atom. The number of primary sulfonamides is 1. The minimum atomic E-state index is -3.66. The Morgan fingerprint density at radius 3 is 2.44 bits per heavy atom. The van der Waals surface area contributed by atoms with E-state index in [0.29, 0.717) is 0 Å². The number of carbonyl (C=O) groups is 1. The molecule has 0 aromatic carbocycles. The van der Waals surface area contributed by atoms with E-state index < -0.39 is 21.6 Å². The number of amides is 1. The number of nitrogens with two attached hydrogens (primary N) is 1. The molecule has 1 heterocycles. The van der Waals surface area contributed by atoms with Crippen LogP contribution in [0, 0.1) is 0 Å². The summed E-state index contributed by atoms with van der Waals surface area (Å²) in [5.41, 5.74) is 0. The molecule has 8 heteroatoms. The fourth-order valence-corrected chi connectivity index (χ4v) is 2.32. The quantitative estimate of drug-likeness (QED) is 0.600. The highest BCUT2D eigenvalue weighted by atomic mass is 32.2. The molecule has 1 saturated heterocycles. The first-order chi connectivity index (χ1) is 7.38. The molecule has 0 radical (unpaired) electrons. The number of rotatable bonds is 5. The van der Waals surface area contributed by atoms with Gasteiger partial charge in [-0.2, -0.15) is 0 Å². The number of ether oxygens (including phenoxy) is 2. The highest BCUT2D eigenvalue weighted by molar-refractivity contribution is 7.89. The van der Waals surface area contributed by atoms with Gasteiger partial charge in [-0.15, -0.1) is 0 Å². The van der Waals surface area contributed by atoms with Crippen molar-refractivity contribution in [3.8, 4) is 0 Å². The molecule has 1 aliphatic rings. The summed E-state index contributed by atoms with van der Waals surface area (Å²) in [6.07, 6.45) is -0.623. The van der Waals surface area contributed by atoms with Crippen molar-refractivity contribution < 1.29 is 22.7 Å². The van der Waals surface area contributed by atoms with E-state index in [9.17, 15) is 13.2 Å². The van der Waals surface area contributed by atoms with Crippen LogP contribution >= 0.6 is 0 Å². The summed E-state index contributed by atoms with van der Waals surface area (Å²) in [5.74, 6) is -0.252. The first-order valence-corrected chi connectivity index (χ1v) is 6.34. The second-order valence-electron chi connectivity index (χ2n) is 3.61. The lowest BCUT2D eigenvalue weighted by Gasteiger charge is -2.21. The van der Waals surface area contributed by atoms with Gasteiger partial charge in [-0.3, -0.25) is 4.79 Å². The topological polar surface area (TPSA) is 98.9 Å². The van der Waals surface area contributed by atoms with Crippen LogP contribution < -0.4 is 5.14 Å². The lowest BCUT2D eigenvalue weighted by atomic mass is 10.4. The van der Waals surface area contributed by atoms with Crippen LogP contribution in [0.3, 0.4) is 0 Å². The first-order valence-electron chi connectivity index (χ1n) is 4.73. The number of likely N-dealkylation sites (tertiary alicyclic amines) is 1. The maximum absolute atomic E-state index is 11.5. The summed E-state index contributed by atoms with van der Waals surface area (Å²) in [6.45, 7) is 0.304. The molecule has 1 fully saturated rings. The largest absolute Gasteiger partial charge is 0.354 e. The molecule has 0 saturated carbocycles. The number of sulfonamides is 1. The van der Waals surface area contributed by atoms with E-state index in [1.54, 1.807) is 0 Å². The maximum atomic E-state index is 11.5. The van der Waals surface area contributed by atoms with Gasteiger partial charge in [0.1, 0.15) is 5.25 Å². The highest BCUT2D eigenvalue weighted by Gasteiger charge is 2.37. The molecule has 2 N–H and O–H groups in total. The molecule has 0 bridgehead atoms. The molecule has 94 valence electrons. The highest BCUT2D eigenvalue weighted by Crippen LogP contribution is 2.17. The molecule has 0 aliphatic carbocycles. The number of hydrogen-bond donors (Lipinski definition) is 1. The molecule has 0 aromatic rings. The van der Waals surface area contributed by atoms with Crippen LogP contribution in [0.15, 0.2) is 0 Å². The van der Waals surface area contributed by atoms with Crippen molar-refractivity contribution in [1.82, 2.24) is 4.90 Å². The number of nitrogens with zero attached hydrogens (tertiary/aromatic N) is 1. The van der Waals surface area contributed by atoms with Crippen LogP contribution in [-0.2, 0) is 24.3 Å². The predicted octanol–water partition coefficient (Wildman–Crippen LogP) is -1.51. The van der Waals surface area contributed by atoms with Crippen molar-refractivity contribution in [2.24, 2.45) is 5.14 Å². The second kappa shape index (κ2) is 5.09. The van der Waals surface area contributed by atoms with Gasteiger partial charge in [-0.05, 0) is 0 Å². The number of carbonyl (C=O) groups excluding carboxylic acids is 1. The van der Waals surface area contributed by atoms with Gasteiger partial charge in [-0.1, -0.05) is 0 Å². The van der Waals surface area contributed by atoms with Gasteiger partial charge in [0.15, 0.2) is 6.29 Å². The summed E-state index contributed by atoms with van der Waals surface area (Å²) >= 11 is 0. The Labute approximate surface area is 94.5 Å². The van der Waals surface area contributed by atoms with E-state index in [2.05, 4.69) is 0 Å². The first kappa shape index (κ1) is 13.4. The molecule has 0 spiro atoms. The Balaban J connectivity index is 2.62. The molecular weight excluding hydrogens is 236 g/mol. The van der Waals surface area contributed by atoms with Crippen molar-refractivity contribution in [1.29, 1.82) is 0 Å². The van der Waals surface area contributed by atoms with Crippen molar-refractivity contribution in [3.63, 3.8) is 0 Å². The van der Waals surface area contributed by atoms with Gasteiger partial charge in [-0.25, -0.2) is 13.6 Å². The minimum Gasteiger partial charge on any atom is -0.354 e. The number of methoxy groups -OCH3 is 2. The zero-order chi connectivity index (χ0) is 12.3. The van der Waals surface area contributed by atoms with Gasteiger partial charge in [0.25, 0.3) is 0 Å². The van der Waals surface area contributed by atoms with E-state index in [1.165, 1.54) is 19.1 Å². The van der Waals surface area contributed by atoms with Crippen LogP contribution in [-0.4, -0.2) is 58.1 Å². The molecule has 1 rings (SSSR count). The van der Waals surface area contributed by atoms with Crippen molar-refractivity contribution >= 4 is 15.9 Å². The average Bonchev–Trinajstić information content (AvgIpc) is 2.56. The Morgan fingerprint density at radius 2 is 2.06 bits per heavy atom. The van der Waals surface area contributed by atoms with Crippen LogP contribution in [0.25, 0.3) is 0 Å². The molecule has 16 heavy (non-hydrogen) atoms.